The Morgan fingerprint density at radius 3 is 2.52 bits per heavy atom. The second-order valence-electron chi connectivity index (χ2n) is 5.17. The summed E-state index contributed by atoms with van der Waals surface area (Å²) in [4.78, 5) is 0. The fourth-order valence-corrected chi connectivity index (χ4v) is 2.29. The molecule has 1 N–H and O–H groups in total. The van der Waals surface area contributed by atoms with E-state index in [9.17, 15) is 4.39 Å². The molecule has 2 aromatic carbocycles. The van der Waals surface area contributed by atoms with E-state index in [0.717, 1.165) is 23.2 Å². The van der Waals surface area contributed by atoms with E-state index in [0.29, 0.717) is 13.2 Å². The summed E-state index contributed by atoms with van der Waals surface area (Å²) in [6.07, 6.45) is 0.850. The highest BCUT2D eigenvalue weighted by atomic mass is 19.1. The van der Waals surface area contributed by atoms with Gasteiger partial charge in [-0.1, -0.05) is 30.3 Å². The van der Waals surface area contributed by atoms with Gasteiger partial charge in [0.25, 0.3) is 0 Å². The highest BCUT2D eigenvalue weighted by Gasteiger charge is 2.07. The van der Waals surface area contributed by atoms with Crippen molar-refractivity contribution in [2.45, 2.75) is 32.9 Å². The molecule has 0 spiro atoms. The molecule has 0 aliphatic carbocycles. The molecule has 0 amide bonds. The molecule has 0 aliphatic heterocycles. The van der Waals surface area contributed by atoms with Crippen LogP contribution in [0.3, 0.4) is 0 Å². The SMILES string of the molecule is CCOCc1ccccc1NC(C)Cc1ccc(F)cc1. The number of benzene rings is 2. The summed E-state index contributed by atoms with van der Waals surface area (Å²) in [7, 11) is 0. The molecule has 2 nitrogen and oxygen atoms in total. The zero-order chi connectivity index (χ0) is 15.1. The van der Waals surface area contributed by atoms with Crippen molar-refractivity contribution in [3.05, 3.63) is 65.5 Å². The largest absolute Gasteiger partial charge is 0.382 e. The van der Waals surface area contributed by atoms with E-state index in [2.05, 4.69) is 24.4 Å². The molecule has 21 heavy (non-hydrogen) atoms. The van der Waals surface area contributed by atoms with Crippen molar-refractivity contribution < 1.29 is 9.13 Å². The quantitative estimate of drug-likeness (QED) is 0.814. The van der Waals surface area contributed by atoms with Gasteiger partial charge in [-0.15, -0.1) is 0 Å². The predicted molar refractivity (Wildman–Crippen MR) is 85.0 cm³/mol. The van der Waals surface area contributed by atoms with Crippen LogP contribution < -0.4 is 5.32 Å². The number of ether oxygens (including phenoxy) is 1. The van der Waals surface area contributed by atoms with Crippen LogP contribution in [-0.2, 0) is 17.8 Å². The van der Waals surface area contributed by atoms with Gasteiger partial charge in [0.05, 0.1) is 6.61 Å². The summed E-state index contributed by atoms with van der Waals surface area (Å²) in [5.74, 6) is -0.193. The molecule has 0 bridgehead atoms. The van der Waals surface area contributed by atoms with Crippen molar-refractivity contribution in [3.63, 3.8) is 0 Å². The zero-order valence-electron chi connectivity index (χ0n) is 12.6. The minimum Gasteiger partial charge on any atom is -0.382 e. The van der Waals surface area contributed by atoms with Gasteiger partial charge in [-0.25, -0.2) is 4.39 Å². The molecular weight excluding hydrogens is 265 g/mol. The Hall–Kier alpha value is -1.87. The molecule has 2 rings (SSSR count). The Morgan fingerprint density at radius 1 is 1.10 bits per heavy atom. The van der Waals surface area contributed by atoms with Crippen molar-refractivity contribution in [3.8, 4) is 0 Å². The maximum atomic E-state index is 12.9. The number of rotatable bonds is 7. The maximum Gasteiger partial charge on any atom is 0.123 e. The number of para-hydroxylation sites is 1. The Bertz CT molecular complexity index is 553. The number of halogens is 1. The Morgan fingerprint density at radius 2 is 1.81 bits per heavy atom. The normalized spacial score (nSPS) is 12.1. The van der Waals surface area contributed by atoms with Gasteiger partial charge in [0.1, 0.15) is 5.82 Å². The highest BCUT2D eigenvalue weighted by molar-refractivity contribution is 5.51. The lowest BCUT2D eigenvalue weighted by molar-refractivity contribution is 0.134. The van der Waals surface area contributed by atoms with E-state index in [1.54, 1.807) is 0 Å². The van der Waals surface area contributed by atoms with Gasteiger partial charge in [0.15, 0.2) is 0 Å². The first-order valence-electron chi connectivity index (χ1n) is 7.35. The third-order valence-electron chi connectivity index (χ3n) is 3.34. The van der Waals surface area contributed by atoms with Crippen LogP contribution in [0.25, 0.3) is 0 Å². The first-order chi connectivity index (χ1) is 10.2. The second kappa shape index (κ2) is 7.79. The molecular formula is C18H22FNO. The lowest BCUT2D eigenvalue weighted by Crippen LogP contribution is -2.19. The molecule has 112 valence electrons. The van der Waals surface area contributed by atoms with Crippen LogP contribution in [0.1, 0.15) is 25.0 Å². The van der Waals surface area contributed by atoms with Crippen LogP contribution in [0.4, 0.5) is 10.1 Å². The third kappa shape index (κ3) is 4.87. The third-order valence-corrected chi connectivity index (χ3v) is 3.34. The van der Waals surface area contributed by atoms with Crippen LogP contribution in [0.5, 0.6) is 0 Å². The summed E-state index contributed by atoms with van der Waals surface area (Å²) < 4.78 is 18.4. The molecule has 1 atom stereocenters. The monoisotopic (exact) mass is 287 g/mol. The average Bonchev–Trinajstić information content (AvgIpc) is 2.49. The van der Waals surface area contributed by atoms with Gasteiger partial charge in [-0.05, 0) is 44.0 Å². The molecule has 0 aromatic heterocycles. The van der Waals surface area contributed by atoms with E-state index in [1.165, 1.54) is 12.1 Å². The summed E-state index contributed by atoms with van der Waals surface area (Å²) in [6.45, 7) is 5.44. The molecule has 0 saturated carbocycles. The predicted octanol–water partition coefficient (Wildman–Crippen LogP) is 4.41. The van der Waals surface area contributed by atoms with E-state index in [-0.39, 0.29) is 11.9 Å². The van der Waals surface area contributed by atoms with Gasteiger partial charge in [-0.3, -0.25) is 0 Å². The van der Waals surface area contributed by atoms with E-state index < -0.39 is 0 Å². The first kappa shape index (κ1) is 15.5. The van der Waals surface area contributed by atoms with Crippen molar-refractivity contribution >= 4 is 5.69 Å². The van der Waals surface area contributed by atoms with Gasteiger partial charge in [0.2, 0.25) is 0 Å². The highest BCUT2D eigenvalue weighted by Crippen LogP contribution is 2.18. The number of nitrogens with one attached hydrogen (secondary N) is 1. The standard InChI is InChI=1S/C18H22FNO/c1-3-21-13-16-6-4-5-7-18(16)20-14(2)12-15-8-10-17(19)11-9-15/h4-11,14,20H,3,12-13H2,1-2H3. The molecule has 0 fully saturated rings. The van der Waals surface area contributed by atoms with E-state index in [4.69, 9.17) is 4.74 Å². The number of hydrogen-bond donors (Lipinski definition) is 1. The molecule has 3 heteroatoms. The Labute approximate surface area is 126 Å². The van der Waals surface area contributed by atoms with Crippen LogP contribution in [0.2, 0.25) is 0 Å². The van der Waals surface area contributed by atoms with E-state index >= 15 is 0 Å². The molecule has 0 aliphatic rings. The lowest BCUT2D eigenvalue weighted by atomic mass is 10.1. The van der Waals surface area contributed by atoms with Crippen LogP contribution in [-0.4, -0.2) is 12.6 Å². The summed E-state index contributed by atoms with van der Waals surface area (Å²) in [6, 6.07) is 15.1. The molecule has 1 unspecified atom stereocenters. The van der Waals surface area contributed by atoms with Crippen molar-refractivity contribution in [2.75, 3.05) is 11.9 Å². The molecule has 0 radical (unpaired) electrons. The molecule has 0 heterocycles. The first-order valence-corrected chi connectivity index (χ1v) is 7.35. The zero-order valence-corrected chi connectivity index (χ0v) is 12.6. The average molecular weight is 287 g/mol. The van der Waals surface area contributed by atoms with Gasteiger partial charge < -0.3 is 10.1 Å². The van der Waals surface area contributed by atoms with Crippen molar-refractivity contribution in [1.82, 2.24) is 0 Å². The smallest absolute Gasteiger partial charge is 0.123 e. The second-order valence-corrected chi connectivity index (χ2v) is 5.17. The van der Waals surface area contributed by atoms with Gasteiger partial charge in [0, 0.05) is 23.9 Å². The van der Waals surface area contributed by atoms with Crippen molar-refractivity contribution in [1.29, 1.82) is 0 Å². The van der Waals surface area contributed by atoms with Gasteiger partial charge >= 0.3 is 0 Å². The summed E-state index contributed by atoms with van der Waals surface area (Å²) in [5.41, 5.74) is 3.38. The Balaban J connectivity index is 1.98. The Kier molecular flexibility index (Phi) is 5.76. The fourth-order valence-electron chi connectivity index (χ4n) is 2.29. The van der Waals surface area contributed by atoms with Gasteiger partial charge in [-0.2, -0.15) is 0 Å². The molecule has 2 aromatic rings. The van der Waals surface area contributed by atoms with Crippen LogP contribution >= 0.6 is 0 Å². The fraction of sp³-hybridized carbons (Fsp3) is 0.333. The molecule has 0 saturated heterocycles. The topological polar surface area (TPSA) is 21.3 Å². The summed E-state index contributed by atoms with van der Waals surface area (Å²) >= 11 is 0. The number of anilines is 1. The minimum absolute atomic E-state index is 0.193. The van der Waals surface area contributed by atoms with Crippen molar-refractivity contribution in [2.24, 2.45) is 0 Å². The number of hydrogen-bond acceptors (Lipinski definition) is 2. The minimum atomic E-state index is -0.193. The summed E-state index contributed by atoms with van der Waals surface area (Å²) in [5, 5.41) is 3.51. The van der Waals surface area contributed by atoms with Crippen LogP contribution in [0, 0.1) is 5.82 Å². The van der Waals surface area contributed by atoms with E-state index in [1.807, 2.05) is 31.2 Å². The maximum absolute atomic E-state index is 12.9. The lowest BCUT2D eigenvalue weighted by Gasteiger charge is -2.18. The van der Waals surface area contributed by atoms with Crippen LogP contribution in [0.15, 0.2) is 48.5 Å².